The number of hydrogen-bond donors (Lipinski definition) is 1. The van der Waals surface area contributed by atoms with Crippen molar-refractivity contribution < 1.29 is 61.3 Å². The number of amides is 1. The minimum absolute atomic E-state index is 0. The Labute approximate surface area is 143 Å². The van der Waals surface area contributed by atoms with Gasteiger partial charge in [-0.15, -0.1) is 0 Å². The van der Waals surface area contributed by atoms with Crippen LogP contribution in [-0.4, -0.2) is 28.6 Å². The first kappa shape index (κ1) is 31.8. The van der Waals surface area contributed by atoms with Crippen molar-refractivity contribution >= 4 is 17.8 Å². The summed E-state index contributed by atoms with van der Waals surface area (Å²) in [4.78, 5) is 30.0. The van der Waals surface area contributed by atoms with Crippen LogP contribution >= 0.6 is 0 Å². The molecule has 0 saturated carbocycles. The molecule has 0 heterocycles. The molecule has 0 unspecified atom stereocenters. The Bertz CT molecular complexity index is 266. The molecule has 0 rings (SSSR count). The van der Waals surface area contributed by atoms with E-state index in [2.05, 4.69) is 0 Å². The summed E-state index contributed by atoms with van der Waals surface area (Å²) in [6.45, 7) is 7.37. The molecule has 0 fully saturated rings. The van der Waals surface area contributed by atoms with E-state index in [1.54, 1.807) is 6.92 Å². The Morgan fingerprint density at radius 1 is 1.10 bits per heavy atom. The van der Waals surface area contributed by atoms with Gasteiger partial charge in [-0.25, -0.2) is 0 Å². The molecule has 118 valence electrons. The predicted molar refractivity (Wildman–Crippen MR) is 67.6 cm³/mol. The van der Waals surface area contributed by atoms with Crippen LogP contribution in [0, 0.1) is 0 Å². The number of hydrogen-bond acceptors (Lipinski definition) is 4. The van der Waals surface area contributed by atoms with Gasteiger partial charge < -0.3 is 26.5 Å². The van der Waals surface area contributed by atoms with Gasteiger partial charge in [0.05, 0.1) is 6.42 Å². The minimum Gasteiger partial charge on any atom is -0.693 e. The Kier molecular flexibility index (Phi) is 26.4. The maximum absolute atomic E-state index is 10.6. The summed E-state index contributed by atoms with van der Waals surface area (Å²) in [5.41, 5.74) is 5.94. The molecule has 0 aliphatic carbocycles. The van der Waals surface area contributed by atoms with Crippen LogP contribution in [0.25, 0.3) is 11.9 Å². The van der Waals surface area contributed by atoms with E-state index in [9.17, 15) is 14.4 Å². The average Bonchev–Trinajstić information content (AvgIpc) is 2.13. The van der Waals surface area contributed by atoms with Crippen LogP contribution in [0.1, 0.15) is 47.0 Å². The standard InChI is InChI=1S/C7H14O2.C4H7NO3.H2N.2V/c1-5-6(8)9-7(2,3)4;5-3(6)1-2-4(7)8;;;/h5H2,1-4H3;1-2H2,(H3,5,6,7,8);1H2;;/q;;-1;;/p-1. The van der Waals surface area contributed by atoms with E-state index in [1.807, 2.05) is 20.8 Å². The van der Waals surface area contributed by atoms with Gasteiger partial charge >= 0.3 is 11.9 Å². The van der Waals surface area contributed by atoms with E-state index in [-0.39, 0.29) is 67.7 Å². The van der Waals surface area contributed by atoms with Crippen molar-refractivity contribution in [2.45, 2.75) is 52.6 Å². The van der Waals surface area contributed by atoms with E-state index in [0.717, 1.165) is 0 Å². The van der Waals surface area contributed by atoms with Crippen LogP contribution in [0.15, 0.2) is 0 Å². The molecule has 7 nitrogen and oxygen atoms in total. The summed E-state index contributed by atoms with van der Waals surface area (Å²) in [5.74, 6) is -2.00. The number of esters is 1. The van der Waals surface area contributed by atoms with E-state index in [1.165, 1.54) is 0 Å². The molecule has 0 spiro atoms. The van der Waals surface area contributed by atoms with Crippen LogP contribution < -0.4 is 0 Å². The number of carboxylic acid groups (broad SMARTS) is 1. The van der Waals surface area contributed by atoms with Crippen LogP contribution in [-0.2, 0) is 56.2 Å². The number of rotatable bonds is 4. The first-order chi connectivity index (χ1) is 7.58. The van der Waals surface area contributed by atoms with Crippen molar-refractivity contribution in [2.24, 2.45) is 0 Å². The zero-order valence-electron chi connectivity index (χ0n) is 12.2. The molecule has 0 aromatic heterocycles. The number of carboxylic acids is 1. The monoisotopic (exact) mass is 364 g/mol. The number of nitrogens with one attached hydrogen (secondary N) is 1. The van der Waals surface area contributed by atoms with Crippen molar-refractivity contribution in [3.05, 3.63) is 11.9 Å². The Morgan fingerprint density at radius 3 is 1.60 bits per heavy atom. The molecule has 0 aliphatic heterocycles. The molecule has 0 atom stereocenters. The molecule has 0 saturated heterocycles. The maximum Gasteiger partial charge on any atom is 0.306 e. The van der Waals surface area contributed by atoms with E-state index in [4.69, 9.17) is 15.6 Å². The van der Waals surface area contributed by atoms with Gasteiger partial charge in [0.25, 0.3) is 0 Å². The quantitative estimate of drug-likeness (QED) is 0.764. The molecular formula is C11H22N2O5V2-2. The second kappa shape index (κ2) is 16.6. The van der Waals surface area contributed by atoms with Crippen molar-refractivity contribution in [1.29, 1.82) is 0 Å². The van der Waals surface area contributed by atoms with Crippen molar-refractivity contribution in [3.63, 3.8) is 0 Å². The zero-order valence-corrected chi connectivity index (χ0v) is 15.0. The predicted octanol–water partition coefficient (Wildman–Crippen LogP) is 2.88. The first-order valence-corrected chi connectivity index (χ1v) is 5.26. The second-order valence-corrected chi connectivity index (χ2v) is 4.26. The summed E-state index contributed by atoms with van der Waals surface area (Å²) in [6.07, 6.45) is 0.0366. The van der Waals surface area contributed by atoms with Gasteiger partial charge in [0.2, 0.25) is 0 Å². The molecule has 4 N–H and O–H groups in total. The molecule has 0 aromatic rings. The Balaban J connectivity index is -0.0000000655. The van der Waals surface area contributed by atoms with Crippen LogP contribution in [0.3, 0.4) is 0 Å². The van der Waals surface area contributed by atoms with Gasteiger partial charge in [0.1, 0.15) is 5.60 Å². The third kappa shape index (κ3) is 36.0. The van der Waals surface area contributed by atoms with Gasteiger partial charge in [-0.1, -0.05) is 6.92 Å². The third-order valence-electron chi connectivity index (χ3n) is 1.27. The van der Waals surface area contributed by atoms with Crippen molar-refractivity contribution in [1.82, 2.24) is 0 Å². The van der Waals surface area contributed by atoms with Crippen molar-refractivity contribution in [3.8, 4) is 0 Å². The van der Waals surface area contributed by atoms with Gasteiger partial charge in [-0.05, 0) is 27.2 Å². The third-order valence-corrected chi connectivity index (χ3v) is 1.27. The maximum atomic E-state index is 10.6. The molecule has 9 heteroatoms. The van der Waals surface area contributed by atoms with E-state index < -0.39 is 11.9 Å². The first-order valence-electron chi connectivity index (χ1n) is 5.26. The molecule has 1 amide bonds. The SMILES string of the molecule is CCC(=O)OC(C)(C)C.[NH-]C(=O)CCC(=O)O.[NH2-].[V].[V]. The fourth-order valence-electron chi connectivity index (χ4n) is 0.634. The Hall–Kier alpha value is -0.461. The summed E-state index contributed by atoms with van der Waals surface area (Å²) in [7, 11) is 0. The molecular weight excluding hydrogens is 342 g/mol. The fraction of sp³-hybridized carbons (Fsp3) is 0.727. The van der Waals surface area contributed by atoms with Crippen molar-refractivity contribution in [2.75, 3.05) is 0 Å². The second-order valence-electron chi connectivity index (χ2n) is 4.26. The summed E-state index contributed by atoms with van der Waals surface area (Å²) < 4.78 is 4.95. The van der Waals surface area contributed by atoms with Gasteiger partial charge in [-0.3, -0.25) is 9.59 Å². The van der Waals surface area contributed by atoms with Gasteiger partial charge in [0, 0.05) is 49.4 Å². The van der Waals surface area contributed by atoms with Crippen LogP contribution in [0.2, 0.25) is 0 Å². The number of ether oxygens (including phenoxy) is 1. The van der Waals surface area contributed by atoms with E-state index in [0.29, 0.717) is 6.42 Å². The average molecular weight is 364 g/mol. The molecule has 0 bridgehead atoms. The number of nitrogens with two attached hydrogens (primary N) is 1. The van der Waals surface area contributed by atoms with Gasteiger partial charge in [0.15, 0.2) is 0 Å². The topological polar surface area (TPSA) is 138 Å². The van der Waals surface area contributed by atoms with E-state index >= 15 is 0 Å². The normalized spacial score (nSPS) is 8.40. The largest absolute Gasteiger partial charge is 0.693 e. The molecule has 0 aliphatic rings. The van der Waals surface area contributed by atoms with Gasteiger partial charge in [-0.2, -0.15) is 0 Å². The molecule has 20 heavy (non-hydrogen) atoms. The zero-order chi connectivity index (χ0) is 14.1. The summed E-state index contributed by atoms with van der Waals surface area (Å²) >= 11 is 0. The number of carbonyl (C=O) groups is 3. The fourth-order valence-corrected chi connectivity index (χ4v) is 0.634. The molecule has 0 aromatic carbocycles. The number of aliphatic carboxylic acids is 1. The van der Waals surface area contributed by atoms with Crippen LogP contribution in [0.4, 0.5) is 0 Å². The molecule has 2 radical (unpaired) electrons. The number of carbonyl (C=O) groups excluding carboxylic acids is 2. The summed E-state index contributed by atoms with van der Waals surface area (Å²) in [6, 6.07) is 0. The van der Waals surface area contributed by atoms with Crippen LogP contribution in [0.5, 0.6) is 0 Å². The minimum atomic E-state index is -1.04. The summed E-state index contributed by atoms with van der Waals surface area (Å²) in [5, 5.41) is 7.93. The Morgan fingerprint density at radius 2 is 1.50 bits per heavy atom. The smallest absolute Gasteiger partial charge is 0.306 e.